The normalized spacial score (nSPS) is 14.2. The van der Waals surface area contributed by atoms with Crippen molar-refractivity contribution >= 4 is 11.9 Å². The van der Waals surface area contributed by atoms with Crippen LogP contribution < -0.4 is 11.1 Å². The van der Waals surface area contributed by atoms with Gasteiger partial charge in [0.1, 0.15) is 6.04 Å². The van der Waals surface area contributed by atoms with E-state index >= 15 is 0 Å². The molecule has 0 bridgehead atoms. The summed E-state index contributed by atoms with van der Waals surface area (Å²) >= 11 is 0. The van der Waals surface area contributed by atoms with Crippen LogP contribution in [0.15, 0.2) is 0 Å². The van der Waals surface area contributed by atoms with Gasteiger partial charge >= 0.3 is 5.97 Å². The van der Waals surface area contributed by atoms with Crippen LogP contribution in [-0.4, -0.2) is 31.1 Å². The first kappa shape index (κ1) is 15.9. The van der Waals surface area contributed by atoms with Gasteiger partial charge in [-0.25, -0.2) is 4.79 Å². The molecule has 5 nitrogen and oxygen atoms in total. The van der Waals surface area contributed by atoms with E-state index in [0.29, 0.717) is 25.2 Å². The summed E-state index contributed by atoms with van der Waals surface area (Å²) in [6.45, 7) is 5.83. The molecule has 1 amide bonds. The molecule has 0 fully saturated rings. The zero-order valence-electron chi connectivity index (χ0n) is 11.2. The molecule has 0 aliphatic carbocycles. The van der Waals surface area contributed by atoms with E-state index in [1.807, 2.05) is 20.8 Å². The predicted octanol–water partition coefficient (Wildman–Crippen LogP) is 0.818. The Bertz CT molecular complexity index is 252. The number of rotatable bonds is 7. The number of nitrogens with one attached hydrogen (secondary N) is 1. The van der Waals surface area contributed by atoms with Crippen molar-refractivity contribution in [2.24, 2.45) is 11.7 Å². The van der Waals surface area contributed by atoms with E-state index in [4.69, 9.17) is 5.73 Å². The lowest BCUT2D eigenvalue weighted by Crippen LogP contribution is -2.42. The molecular weight excluding hydrogens is 220 g/mol. The number of esters is 1. The molecule has 0 aromatic heterocycles. The minimum Gasteiger partial charge on any atom is -0.467 e. The molecule has 5 heteroatoms. The Balaban J connectivity index is 4.22. The molecule has 0 saturated heterocycles. The predicted molar refractivity (Wildman–Crippen MR) is 66.3 cm³/mol. The number of hydrogen-bond donors (Lipinski definition) is 2. The standard InChI is InChI=1S/C12H24N2O3/c1-8(2)7-10(12(16)17-4)14-11(15)6-5-9(3)13/h8-10H,5-7,13H2,1-4H3,(H,14,15). The largest absolute Gasteiger partial charge is 0.467 e. The SMILES string of the molecule is COC(=O)C(CC(C)C)NC(=O)CCC(C)N. The van der Waals surface area contributed by atoms with Crippen LogP contribution >= 0.6 is 0 Å². The molecule has 0 rings (SSSR count). The molecule has 0 radical (unpaired) electrons. The average molecular weight is 244 g/mol. The first-order valence-electron chi connectivity index (χ1n) is 5.99. The minimum atomic E-state index is -0.555. The van der Waals surface area contributed by atoms with Crippen molar-refractivity contribution < 1.29 is 14.3 Å². The summed E-state index contributed by atoms with van der Waals surface area (Å²) in [6.07, 6.45) is 1.53. The summed E-state index contributed by atoms with van der Waals surface area (Å²) in [6, 6.07) is -0.567. The Morgan fingerprint density at radius 2 is 1.88 bits per heavy atom. The number of hydrogen-bond acceptors (Lipinski definition) is 4. The van der Waals surface area contributed by atoms with Gasteiger partial charge in [-0.3, -0.25) is 4.79 Å². The highest BCUT2D eigenvalue weighted by Crippen LogP contribution is 2.07. The molecule has 0 heterocycles. The number of carbonyl (C=O) groups is 2. The van der Waals surface area contributed by atoms with Gasteiger partial charge in [0.05, 0.1) is 7.11 Å². The first-order valence-corrected chi connectivity index (χ1v) is 5.99. The Hall–Kier alpha value is -1.10. The van der Waals surface area contributed by atoms with Crippen LogP contribution in [0.4, 0.5) is 0 Å². The van der Waals surface area contributed by atoms with Gasteiger partial charge in [0, 0.05) is 12.5 Å². The second-order valence-electron chi connectivity index (χ2n) is 4.79. The highest BCUT2D eigenvalue weighted by molar-refractivity contribution is 5.84. The molecule has 0 aliphatic heterocycles. The topological polar surface area (TPSA) is 81.4 Å². The highest BCUT2D eigenvalue weighted by atomic mass is 16.5. The fraction of sp³-hybridized carbons (Fsp3) is 0.833. The fourth-order valence-corrected chi connectivity index (χ4v) is 1.45. The van der Waals surface area contributed by atoms with Crippen LogP contribution in [0.25, 0.3) is 0 Å². The Morgan fingerprint density at radius 1 is 1.29 bits per heavy atom. The Labute approximate surface area is 103 Å². The third kappa shape index (κ3) is 7.74. The van der Waals surface area contributed by atoms with Gasteiger partial charge in [0.2, 0.25) is 5.91 Å². The molecule has 0 saturated carbocycles. The van der Waals surface area contributed by atoms with Crippen molar-refractivity contribution in [1.29, 1.82) is 0 Å². The summed E-state index contributed by atoms with van der Waals surface area (Å²) in [5.41, 5.74) is 5.57. The van der Waals surface area contributed by atoms with E-state index in [1.165, 1.54) is 7.11 Å². The van der Waals surface area contributed by atoms with Crippen molar-refractivity contribution in [1.82, 2.24) is 5.32 Å². The third-order valence-electron chi connectivity index (χ3n) is 2.35. The zero-order valence-corrected chi connectivity index (χ0v) is 11.2. The number of methoxy groups -OCH3 is 1. The summed E-state index contributed by atoms with van der Waals surface area (Å²) in [5.74, 6) is -0.237. The molecule has 17 heavy (non-hydrogen) atoms. The summed E-state index contributed by atoms with van der Waals surface area (Å²) in [4.78, 5) is 23.0. The van der Waals surface area contributed by atoms with Crippen LogP contribution in [0.5, 0.6) is 0 Å². The molecule has 2 unspecified atom stereocenters. The summed E-state index contributed by atoms with van der Waals surface area (Å²) < 4.78 is 4.66. The maximum atomic E-state index is 11.6. The molecule has 0 spiro atoms. The molecule has 0 aliphatic rings. The van der Waals surface area contributed by atoms with E-state index in [2.05, 4.69) is 10.1 Å². The maximum Gasteiger partial charge on any atom is 0.328 e. The summed E-state index contributed by atoms with van der Waals surface area (Å²) in [7, 11) is 1.32. The van der Waals surface area contributed by atoms with Crippen LogP contribution in [-0.2, 0) is 14.3 Å². The lowest BCUT2D eigenvalue weighted by Gasteiger charge is -2.18. The van der Waals surface area contributed by atoms with Gasteiger partial charge in [-0.2, -0.15) is 0 Å². The fourth-order valence-electron chi connectivity index (χ4n) is 1.45. The van der Waals surface area contributed by atoms with Gasteiger partial charge in [-0.05, 0) is 25.7 Å². The van der Waals surface area contributed by atoms with Crippen molar-refractivity contribution in [3.8, 4) is 0 Å². The molecular formula is C12H24N2O3. The molecule has 0 aromatic rings. The molecule has 3 N–H and O–H groups in total. The van der Waals surface area contributed by atoms with Crippen LogP contribution in [0.1, 0.15) is 40.0 Å². The van der Waals surface area contributed by atoms with Gasteiger partial charge in [-0.15, -0.1) is 0 Å². The van der Waals surface area contributed by atoms with Crippen molar-refractivity contribution in [2.75, 3.05) is 7.11 Å². The highest BCUT2D eigenvalue weighted by Gasteiger charge is 2.22. The minimum absolute atomic E-state index is 0.0116. The smallest absolute Gasteiger partial charge is 0.328 e. The van der Waals surface area contributed by atoms with Crippen molar-refractivity contribution in [2.45, 2.75) is 52.1 Å². The second-order valence-corrected chi connectivity index (χ2v) is 4.79. The van der Waals surface area contributed by atoms with Crippen molar-refractivity contribution in [3.05, 3.63) is 0 Å². The van der Waals surface area contributed by atoms with Crippen LogP contribution in [0.3, 0.4) is 0 Å². The molecule has 0 aromatic carbocycles. The van der Waals surface area contributed by atoms with Gasteiger partial charge < -0.3 is 15.8 Å². The van der Waals surface area contributed by atoms with Crippen LogP contribution in [0.2, 0.25) is 0 Å². The summed E-state index contributed by atoms with van der Waals surface area (Å²) in [5, 5.41) is 2.69. The zero-order chi connectivity index (χ0) is 13.4. The molecule has 2 atom stereocenters. The first-order chi connectivity index (χ1) is 7.86. The number of carbonyl (C=O) groups excluding carboxylic acids is 2. The monoisotopic (exact) mass is 244 g/mol. The Morgan fingerprint density at radius 3 is 2.29 bits per heavy atom. The maximum absolute atomic E-state index is 11.6. The average Bonchev–Trinajstić information content (AvgIpc) is 2.23. The number of nitrogens with two attached hydrogens (primary N) is 1. The van der Waals surface area contributed by atoms with Gasteiger partial charge in [0.25, 0.3) is 0 Å². The van der Waals surface area contributed by atoms with E-state index < -0.39 is 12.0 Å². The number of ether oxygens (including phenoxy) is 1. The Kier molecular flexibility index (Phi) is 7.54. The third-order valence-corrected chi connectivity index (χ3v) is 2.35. The lowest BCUT2D eigenvalue weighted by atomic mass is 10.0. The van der Waals surface area contributed by atoms with E-state index in [0.717, 1.165) is 0 Å². The van der Waals surface area contributed by atoms with Gasteiger partial charge in [-0.1, -0.05) is 13.8 Å². The second kappa shape index (κ2) is 8.06. The lowest BCUT2D eigenvalue weighted by molar-refractivity contribution is -0.145. The van der Waals surface area contributed by atoms with Gasteiger partial charge in [0.15, 0.2) is 0 Å². The van der Waals surface area contributed by atoms with Crippen LogP contribution in [0, 0.1) is 5.92 Å². The molecule has 100 valence electrons. The quantitative estimate of drug-likeness (QED) is 0.650. The van der Waals surface area contributed by atoms with Crippen molar-refractivity contribution in [3.63, 3.8) is 0 Å². The van der Waals surface area contributed by atoms with E-state index in [9.17, 15) is 9.59 Å². The van der Waals surface area contributed by atoms with E-state index in [-0.39, 0.29) is 11.9 Å². The van der Waals surface area contributed by atoms with E-state index in [1.54, 1.807) is 0 Å². The number of amides is 1.